The van der Waals surface area contributed by atoms with Gasteiger partial charge in [0.25, 0.3) is 0 Å². The molecule has 0 aliphatic heterocycles. The smallest absolute Gasteiger partial charge is 0.205 e. The quantitative estimate of drug-likeness (QED) is 0.578. The first-order chi connectivity index (χ1) is 8.70. The van der Waals surface area contributed by atoms with Crippen molar-refractivity contribution in [1.82, 2.24) is 14.8 Å². The molecule has 92 valence electrons. The van der Waals surface area contributed by atoms with E-state index in [1.807, 2.05) is 31.6 Å². The summed E-state index contributed by atoms with van der Waals surface area (Å²) < 4.78 is 7.41. The van der Waals surface area contributed by atoms with Gasteiger partial charge < -0.3 is 10.2 Å². The number of hydrogen-bond acceptors (Lipinski definition) is 5. The van der Waals surface area contributed by atoms with Crippen LogP contribution < -0.4 is 5.73 Å². The maximum atomic E-state index is 5.70. The number of aryl methyl sites for hydroxylation is 1. The fraction of sp³-hybridized carbons (Fsp3) is 0.167. The molecule has 0 amide bonds. The van der Waals surface area contributed by atoms with Gasteiger partial charge in [0, 0.05) is 29.9 Å². The fourth-order valence-electron chi connectivity index (χ4n) is 1.67. The van der Waals surface area contributed by atoms with E-state index < -0.39 is 0 Å². The third-order valence-corrected chi connectivity index (χ3v) is 3.44. The van der Waals surface area contributed by atoms with E-state index in [1.165, 1.54) is 0 Å². The average Bonchev–Trinajstić information content (AvgIpc) is 2.92. The number of rotatable bonds is 3. The predicted octanol–water partition coefficient (Wildman–Crippen LogP) is 2.44. The van der Waals surface area contributed by atoms with Gasteiger partial charge in [-0.05, 0) is 12.1 Å². The molecule has 18 heavy (non-hydrogen) atoms. The summed E-state index contributed by atoms with van der Waals surface area (Å²) in [4.78, 5) is 5.50. The standard InChI is InChI=1S/C12H12N4OS/c1-16-6-9(5-14-16)18-7-12-15-10-3-2-8(13)4-11(10)17-12/h2-6H,7,13H2,1H3. The molecule has 0 atom stereocenters. The van der Waals surface area contributed by atoms with Crippen LogP contribution in [0.5, 0.6) is 0 Å². The number of benzene rings is 1. The van der Waals surface area contributed by atoms with Crippen molar-refractivity contribution in [2.24, 2.45) is 7.05 Å². The lowest BCUT2D eigenvalue weighted by atomic mass is 10.3. The first kappa shape index (κ1) is 11.2. The molecular weight excluding hydrogens is 248 g/mol. The Bertz CT molecular complexity index is 688. The Hall–Kier alpha value is -1.95. The molecule has 0 saturated carbocycles. The number of nitrogens with two attached hydrogens (primary N) is 1. The number of oxazole rings is 1. The van der Waals surface area contributed by atoms with E-state index in [1.54, 1.807) is 22.5 Å². The molecule has 5 nitrogen and oxygen atoms in total. The van der Waals surface area contributed by atoms with Crippen molar-refractivity contribution in [2.45, 2.75) is 10.6 Å². The molecule has 3 rings (SSSR count). The molecule has 0 bridgehead atoms. The normalized spacial score (nSPS) is 11.2. The second kappa shape index (κ2) is 4.38. The zero-order valence-corrected chi connectivity index (χ0v) is 10.6. The van der Waals surface area contributed by atoms with E-state index in [9.17, 15) is 0 Å². The maximum absolute atomic E-state index is 5.70. The van der Waals surface area contributed by atoms with Crippen LogP contribution in [-0.4, -0.2) is 14.8 Å². The zero-order chi connectivity index (χ0) is 12.5. The summed E-state index contributed by atoms with van der Waals surface area (Å²) in [7, 11) is 1.90. The van der Waals surface area contributed by atoms with Crippen molar-refractivity contribution >= 4 is 28.5 Å². The Morgan fingerprint density at radius 1 is 1.44 bits per heavy atom. The third kappa shape index (κ3) is 2.19. The second-order valence-corrected chi connectivity index (χ2v) is 5.02. The largest absolute Gasteiger partial charge is 0.440 e. The number of nitrogens with zero attached hydrogens (tertiary/aromatic N) is 3. The van der Waals surface area contributed by atoms with Crippen molar-refractivity contribution in [3.63, 3.8) is 0 Å². The van der Waals surface area contributed by atoms with Gasteiger partial charge in [-0.1, -0.05) is 0 Å². The monoisotopic (exact) mass is 260 g/mol. The van der Waals surface area contributed by atoms with Crippen LogP contribution in [0.15, 0.2) is 39.9 Å². The summed E-state index contributed by atoms with van der Waals surface area (Å²) in [5.74, 6) is 1.38. The molecule has 0 saturated heterocycles. The van der Waals surface area contributed by atoms with Crippen LogP contribution in [0.2, 0.25) is 0 Å². The SMILES string of the molecule is Cn1cc(SCc2nc3ccc(N)cc3o2)cn1. The van der Waals surface area contributed by atoms with Crippen LogP contribution in [0.25, 0.3) is 11.1 Å². The number of aromatic nitrogens is 3. The first-order valence-corrected chi connectivity index (χ1v) is 6.46. The van der Waals surface area contributed by atoms with E-state index in [4.69, 9.17) is 10.2 Å². The predicted molar refractivity (Wildman–Crippen MR) is 71.2 cm³/mol. The minimum Gasteiger partial charge on any atom is -0.440 e. The summed E-state index contributed by atoms with van der Waals surface area (Å²) in [6.45, 7) is 0. The van der Waals surface area contributed by atoms with Crippen molar-refractivity contribution < 1.29 is 4.42 Å². The van der Waals surface area contributed by atoms with E-state index >= 15 is 0 Å². The second-order valence-electron chi connectivity index (χ2n) is 3.97. The van der Waals surface area contributed by atoms with E-state index in [0.29, 0.717) is 17.3 Å². The van der Waals surface area contributed by atoms with Gasteiger partial charge in [-0.3, -0.25) is 4.68 Å². The minimum absolute atomic E-state index is 0.681. The molecule has 2 aromatic heterocycles. The van der Waals surface area contributed by atoms with Crippen LogP contribution >= 0.6 is 11.8 Å². The molecule has 1 aromatic carbocycles. The number of anilines is 1. The van der Waals surface area contributed by atoms with Crippen molar-refractivity contribution in [2.75, 3.05) is 5.73 Å². The summed E-state index contributed by atoms with van der Waals surface area (Å²) in [6, 6.07) is 5.48. The van der Waals surface area contributed by atoms with Gasteiger partial charge in [0.2, 0.25) is 5.89 Å². The molecule has 2 N–H and O–H groups in total. The highest BCUT2D eigenvalue weighted by molar-refractivity contribution is 7.98. The van der Waals surface area contributed by atoms with Gasteiger partial charge >= 0.3 is 0 Å². The van der Waals surface area contributed by atoms with Crippen LogP contribution in [0.1, 0.15) is 5.89 Å². The van der Waals surface area contributed by atoms with E-state index in [2.05, 4.69) is 10.1 Å². The van der Waals surface area contributed by atoms with Gasteiger partial charge in [-0.2, -0.15) is 5.10 Å². The highest BCUT2D eigenvalue weighted by Gasteiger charge is 2.07. The number of nitrogen functional groups attached to an aromatic ring is 1. The Morgan fingerprint density at radius 3 is 3.11 bits per heavy atom. The maximum Gasteiger partial charge on any atom is 0.205 e. The van der Waals surface area contributed by atoms with E-state index in [0.717, 1.165) is 16.0 Å². The molecule has 0 spiro atoms. The minimum atomic E-state index is 0.681. The molecule has 0 radical (unpaired) electrons. The van der Waals surface area contributed by atoms with Gasteiger partial charge in [0.15, 0.2) is 5.58 Å². The zero-order valence-electron chi connectivity index (χ0n) is 9.83. The summed E-state index contributed by atoms with van der Waals surface area (Å²) in [6.07, 6.45) is 3.79. The van der Waals surface area contributed by atoms with Crippen LogP contribution in [-0.2, 0) is 12.8 Å². The van der Waals surface area contributed by atoms with Gasteiger partial charge in [0.05, 0.1) is 11.9 Å². The van der Waals surface area contributed by atoms with E-state index in [-0.39, 0.29) is 0 Å². The van der Waals surface area contributed by atoms with Crippen molar-refractivity contribution in [3.8, 4) is 0 Å². The Kier molecular flexibility index (Phi) is 2.71. The molecule has 6 heteroatoms. The van der Waals surface area contributed by atoms with Crippen LogP contribution in [0, 0.1) is 0 Å². The third-order valence-electron chi connectivity index (χ3n) is 2.50. The van der Waals surface area contributed by atoms with Crippen molar-refractivity contribution in [1.29, 1.82) is 0 Å². The number of thioether (sulfide) groups is 1. The molecule has 0 fully saturated rings. The summed E-state index contributed by atoms with van der Waals surface area (Å²) >= 11 is 1.64. The summed E-state index contributed by atoms with van der Waals surface area (Å²) in [5, 5.41) is 4.11. The summed E-state index contributed by atoms with van der Waals surface area (Å²) in [5.41, 5.74) is 7.95. The molecule has 2 heterocycles. The van der Waals surface area contributed by atoms with Gasteiger partial charge in [-0.25, -0.2) is 4.98 Å². The number of hydrogen-bond donors (Lipinski definition) is 1. The number of fused-ring (bicyclic) bond motifs is 1. The van der Waals surface area contributed by atoms with Gasteiger partial charge in [0.1, 0.15) is 5.52 Å². The lowest BCUT2D eigenvalue weighted by molar-refractivity contribution is 0.556. The van der Waals surface area contributed by atoms with Crippen LogP contribution in [0.3, 0.4) is 0 Å². The molecule has 0 aliphatic carbocycles. The van der Waals surface area contributed by atoms with Crippen molar-refractivity contribution in [3.05, 3.63) is 36.5 Å². The highest BCUT2D eigenvalue weighted by Crippen LogP contribution is 2.25. The van der Waals surface area contributed by atoms with Crippen LogP contribution in [0.4, 0.5) is 5.69 Å². The fourth-order valence-corrected chi connectivity index (χ4v) is 2.43. The Balaban J connectivity index is 1.78. The lowest BCUT2D eigenvalue weighted by Crippen LogP contribution is -1.84. The lowest BCUT2D eigenvalue weighted by Gasteiger charge is -1.92. The van der Waals surface area contributed by atoms with Gasteiger partial charge in [-0.15, -0.1) is 11.8 Å². The highest BCUT2D eigenvalue weighted by atomic mass is 32.2. The molecule has 0 aliphatic rings. The Labute approximate surface area is 108 Å². The molecule has 0 unspecified atom stereocenters. The topological polar surface area (TPSA) is 69.9 Å². The Morgan fingerprint density at radius 2 is 2.33 bits per heavy atom. The molecule has 3 aromatic rings. The average molecular weight is 260 g/mol. The molecular formula is C12H12N4OS. The first-order valence-electron chi connectivity index (χ1n) is 5.47.